The quantitative estimate of drug-likeness (QED) is 0.241. The fraction of sp³-hybridized carbons (Fsp3) is 0.303. The van der Waals surface area contributed by atoms with E-state index in [1.807, 2.05) is 42.5 Å². The van der Waals surface area contributed by atoms with E-state index >= 15 is 0 Å². The molecule has 5 rings (SSSR count). The molecule has 0 unspecified atom stereocenters. The first-order valence-corrected chi connectivity index (χ1v) is 15.1. The summed E-state index contributed by atoms with van der Waals surface area (Å²) in [5.41, 5.74) is 1.92. The standard InChI is InChI=1S/C33H34N2O8S/c1-6-41-28(36)18-43-25-15-13-21(16-26(25)40-5)30-29(32(38)42-7-2)19(3)34-33-35(30)31(37)27(44-33)17-20-12-14-24(39-4)23-11-9-8-10-22(20)23/h8-17,30,33-34H,6-7,18H2,1-5H3/b27-17-/t30-,33-/m1/s1. The molecule has 0 radical (unpaired) electrons. The minimum absolute atomic E-state index is 0.175. The van der Waals surface area contributed by atoms with E-state index in [-0.39, 0.29) is 25.7 Å². The molecule has 10 nitrogen and oxygen atoms in total. The van der Waals surface area contributed by atoms with Crippen LogP contribution in [-0.2, 0) is 23.9 Å². The molecule has 3 aromatic carbocycles. The van der Waals surface area contributed by atoms with Crippen LogP contribution in [0.5, 0.6) is 17.2 Å². The van der Waals surface area contributed by atoms with Gasteiger partial charge in [-0.05, 0) is 61.6 Å². The molecular formula is C33H34N2O8S. The fourth-order valence-electron chi connectivity index (χ4n) is 5.37. The second kappa shape index (κ2) is 13.3. The number of hydrogen-bond donors (Lipinski definition) is 1. The number of benzene rings is 3. The Kier molecular flexibility index (Phi) is 9.34. The van der Waals surface area contributed by atoms with Gasteiger partial charge in [0.15, 0.2) is 23.6 Å². The van der Waals surface area contributed by atoms with Crippen LogP contribution in [0.2, 0.25) is 0 Å². The van der Waals surface area contributed by atoms with Gasteiger partial charge in [-0.15, -0.1) is 0 Å². The number of nitrogens with zero attached hydrogens (tertiary/aromatic N) is 1. The van der Waals surface area contributed by atoms with Gasteiger partial charge in [-0.2, -0.15) is 0 Å². The van der Waals surface area contributed by atoms with Crippen LogP contribution in [-0.4, -0.2) is 62.3 Å². The van der Waals surface area contributed by atoms with Crippen molar-refractivity contribution in [3.05, 3.63) is 81.9 Å². The van der Waals surface area contributed by atoms with Gasteiger partial charge in [-0.1, -0.05) is 48.2 Å². The highest BCUT2D eigenvalue weighted by Crippen LogP contribution is 2.48. The Morgan fingerprint density at radius 3 is 2.34 bits per heavy atom. The summed E-state index contributed by atoms with van der Waals surface area (Å²) in [6.45, 7) is 5.37. The number of ether oxygens (including phenoxy) is 5. The number of rotatable bonds is 10. The molecular weight excluding hydrogens is 584 g/mol. The van der Waals surface area contributed by atoms with E-state index in [0.717, 1.165) is 22.1 Å². The third-order valence-corrected chi connectivity index (χ3v) is 8.42. The van der Waals surface area contributed by atoms with Crippen molar-refractivity contribution in [2.75, 3.05) is 34.0 Å². The van der Waals surface area contributed by atoms with Crippen LogP contribution in [0.15, 0.2) is 70.8 Å². The van der Waals surface area contributed by atoms with Crippen molar-refractivity contribution in [2.24, 2.45) is 0 Å². The van der Waals surface area contributed by atoms with E-state index in [1.54, 1.807) is 51.0 Å². The molecule has 0 spiro atoms. The van der Waals surface area contributed by atoms with Crippen LogP contribution in [0.3, 0.4) is 0 Å². The zero-order chi connectivity index (χ0) is 31.4. The first-order chi connectivity index (χ1) is 21.3. The summed E-state index contributed by atoms with van der Waals surface area (Å²) in [5.74, 6) is 0.124. The number of amides is 1. The summed E-state index contributed by atoms with van der Waals surface area (Å²) in [6.07, 6.45) is 1.87. The number of thioether (sulfide) groups is 1. The van der Waals surface area contributed by atoms with E-state index in [2.05, 4.69) is 5.32 Å². The van der Waals surface area contributed by atoms with Crippen molar-refractivity contribution in [1.29, 1.82) is 0 Å². The van der Waals surface area contributed by atoms with E-state index in [9.17, 15) is 14.4 Å². The van der Waals surface area contributed by atoms with Crippen LogP contribution in [0, 0.1) is 0 Å². The van der Waals surface area contributed by atoms with Gasteiger partial charge in [-0.25, -0.2) is 9.59 Å². The van der Waals surface area contributed by atoms with Crippen LogP contribution in [0.1, 0.15) is 37.9 Å². The molecule has 0 saturated carbocycles. The number of methoxy groups -OCH3 is 2. The lowest BCUT2D eigenvalue weighted by molar-refractivity contribution is -0.145. The maximum atomic E-state index is 14.2. The number of nitrogens with one attached hydrogen (secondary N) is 1. The van der Waals surface area contributed by atoms with Gasteiger partial charge in [0.1, 0.15) is 5.75 Å². The Morgan fingerprint density at radius 2 is 1.64 bits per heavy atom. The largest absolute Gasteiger partial charge is 0.496 e. The number of esters is 2. The average Bonchev–Trinajstić information content (AvgIpc) is 3.33. The third-order valence-electron chi connectivity index (χ3n) is 7.31. The Hall–Kier alpha value is -4.64. The Bertz CT molecular complexity index is 1670. The number of carbonyl (C=O) groups is 3. The summed E-state index contributed by atoms with van der Waals surface area (Å²) in [5, 5.41) is 5.22. The normalized spacial score (nSPS) is 18.6. The van der Waals surface area contributed by atoms with E-state index < -0.39 is 23.5 Å². The number of carbonyl (C=O) groups excluding carboxylic acids is 3. The van der Waals surface area contributed by atoms with E-state index in [1.165, 1.54) is 18.9 Å². The predicted molar refractivity (Wildman–Crippen MR) is 167 cm³/mol. The molecule has 1 fully saturated rings. The summed E-state index contributed by atoms with van der Waals surface area (Å²) in [7, 11) is 3.11. The van der Waals surface area contributed by atoms with Crippen LogP contribution in [0.25, 0.3) is 16.8 Å². The molecule has 2 heterocycles. The van der Waals surface area contributed by atoms with Crippen molar-refractivity contribution in [3.8, 4) is 17.2 Å². The Balaban J connectivity index is 1.55. The lowest BCUT2D eigenvalue weighted by atomic mass is 9.93. The smallest absolute Gasteiger partial charge is 0.344 e. The highest BCUT2D eigenvalue weighted by Gasteiger charge is 2.48. The molecule has 0 bridgehead atoms. The average molecular weight is 619 g/mol. The molecule has 3 aromatic rings. The van der Waals surface area contributed by atoms with Gasteiger partial charge in [0.05, 0.1) is 44.0 Å². The van der Waals surface area contributed by atoms with Gasteiger partial charge in [0, 0.05) is 11.1 Å². The van der Waals surface area contributed by atoms with Crippen molar-refractivity contribution in [3.63, 3.8) is 0 Å². The number of hydrogen-bond acceptors (Lipinski definition) is 10. The predicted octanol–water partition coefficient (Wildman–Crippen LogP) is 5.18. The Morgan fingerprint density at radius 1 is 0.932 bits per heavy atom. The van der Waals surface area contributed by atoms with Gasteiger partial charge >= 0.3 is 11.9 Å². The first-order valence-electron chi connectivity index (χ1n) is 14.2. The van der Waals surface area contributed by atoms with Crippen molar-refractivity contribution in [2.45, 2.75) is 32.3 Å². The molecule has 2 atom stereocenters. The minimum atomic E-state index is -0.785. The highest BCUT2D eigenvalue weighted by atomic mass is 32.2. The highest BCUT2D eigenvalue weighted by molar-refractivity contribution is 8.05. The van der Waals surface area contributed by atoms with Crippen LogP contribution in [0.4, 0.5) is 0 Å². The zero-order valence-electron chi connectivity index (χ0n) is 25.2. The molecule has 11 heteroatoms. The van der Waals surface area contributed by atoms with Crippen molar-refractivity contribution in [1.82, 2.24) is 10.2 Å². The van der Waals surface area contributed by atoms with Crippen molar-refractivity contribution >= 4 is 46.5 Å². The first kappa shape index (κ1) is 30.8. The maximum absolute atomic E-state index is 14.2. The second-order valence-electron chi connectivity index (χ2n) is 9.90. The van der Waals surface area contributed by atoms with Gasteiger partial charge in [0.25, 0.3) is 5.91 Å². The molecule has 0 aromatic heterocycles. The molecule has 0 aliphatic carbocycles. The minimum Gasteiger partial charge on any atom is -0.496 e. The van der Waals surface area contributed by atoms with Crippen LogP contribution < -0.4 is 19.5 Å². The molecule has 230 valence electrons. The van der Waals surface area contributed by atoms with E-state index in [0.29, 0.717) is 33.2 Å². The molecule has 1 amide bonds. The summed E-state index contributed by atoms with van der Waals surface area (Å²) in [6, 6.07) is 16.0. The second-order valence-corrected chi connectivity index (χ2v) is 11.0. The Labute approximate surface area is 259 Å². The summed E-state index contributed by atoms with van der Waals surface area (Å²) < 4.78 is 27.2. The van der Waals surface area contributed by atoms with E-state index in [4.69, 9.17) is 23.7 Å². The maximum Gasteiger partial charge on any atom is 0.344 e. The van der Waals surface area contributed by atoms with Crippen molar-refractivity contribution < 1.29 is 38.1 Å². The number of allylic oxidation sites excluding steroid dienone is 1. The lowest BCUT2D eigenvalue weighted by Gasteiger charge is -2.39. The van der Waals surface area contributed by atoms with Gasteiger partial charge < -0.3 is 29.0 Å². The molecule has 1 saturated heterocycles. The monoisotopic (exact) mass is 618 g/mol. The topological polar surface area (TPSA) is 113 Å². The zero-order valence-corrected chi connectivity index (χ0v) is 26.0. The summed E-state index contributed by atoms with van der Waals surface area (Å²) in [4.78, 5) is 41.5. The molecule has 1 N–H and O–H groups in total. The van der Waals surface area contributed by atoms with Crippen LogP contribution >= 0.6 is 11.8 Å². The molecule has 2 aliphatic heterocycles. The lowest BCUT2D eigenvalue weighted by Crippen LogP contribution is -2.50. The summed E-state index contributed by atoms with van der Waals surface area (Å²) >= 11 is 1.38. The fourth-order valence-corrected chi connectivity index (χ4v) is 6.58. The third kappa shape index (κ3) is 5.92. The molecule has 44 heavy (non-hydrogen) atoms. The van der Waals surface area contributed by atoms with Gasteiger partial charge in [-0.3, -0.25) is 9.69 Å². The molecule has 2 aliphatic rings. The SMILES string of the molecule is CCOC(=O)COc1ccc([C@@H]2C(C(=O)OCC)=C(C)N[C@H]3S/C(=C\c4ccc(OC)c5ccccc45)C(=O)N32)cc1OC. The van der Waals surface area contributed by atoms with Gasteiger partial charge in [0.2, 0.25) is 0 Å². The number of fused-ring (bicyclic) bond motifs is 2.